The summed E-state index contributed by atoms with van der Waals surface area (Å²) < 4.78 is 66.3. The number of nitrogens with two attached hydrogens (primary N) is 1. The molecule has 0 aromatic heterocycles. The van der Waals surface area contributed by atoms with Crippen LogP contribution in [-0.2, 0) is 29.8 Å². The quantitative estimate of drug-likeness (QED) is 0.261. The summed E-state index contributed by atoms with van der Waals surface area (Å²) >= 11 is 0. The minimum atomic E-state index is -4.73. The van der Waals surface area contributed by atoms with E-state index in [0.29, 0.717) is 0 Å². The van der Waals surface area contributed by atoms with E-state index in [4.69, 9.17) is 5.73 Å². The molecule has 0 fully saturated rings. The number of carbonyl (C=O) groups is 2. The van der Waals surface area contributed by atoms with Gasteiger partial charge in [-0.05, 0) is 24.6 Å². The first-order valence-electron chi connectivity index (χ1n) is 8.44. The van der Waals surface area contributed by atoms with E-state index >= 15 is 0 Å². The summed E-state index contributed by atoms with van der Waals surface area (Å²) in [5.41, 5.74) is 3.72. The lowest BCUT2D eigenvalue weighted by Crippen LogP contribution is -2.56. The molecule has 1 aromatic carbocycles. The molecule has 10 nitrogen and oxygen atoms in total. The number of ketones is 1. The Bertz CT molecular complexity index is 1170. The van der Waals surface area contributed by atoms with Crippen LogP contribution in [0.4, 0.5) is 5.69 Å². The number of nitrogen functional groups attached to an aromatic ring is 1. The van der Waals surface area contributed by atoms with Gasteiger partial charge in [0.15, 0.2) is 0 Å². The van der Waals surface area contributed by atoms with Crippen LogP contribution < -0.4 is 11.1 Å². The maximum absolute atomic E-state index is 12.2. The second-order valence-corrected chi connectivity index (χ2v) is 9.57. The maximum atomic E-state index is 12.2. The van der Waals surface area contributed by atoms with Crippen molar-refractivity contribution in [2.45, 2.75) is 29.0 Å². The van der Waals surface area contributed by atoms with Crippen LogP contribution in [0.1, 0.15) is 18.9 Å². The molecule has 0 radical (unpaired) electrons. The third kappa shape index (κ3) is 5.63. The molecule has 0 bridgehead atoms. The first-order valence-corrected chi connectivity index (χ1v) is 11.4. The average molecular weight is 456 g/mol. The molecule has 1 aromatic rings. The summed E-state index contributed by atoms with van der Waals surface area (Å²) in [5, 5.41) is 0.738. The van der Waals surface area contributed by atoms with Gasteiger partial charge in [0.2, 0.25) is 5.91 Å². The number of hydrogen-bond donors (Lipinski definition) is 4. The van der Waals surface area contributed by atoms with E-state index in [1.54, 1.807) is 0 Å². The largest absolute Gasteiger partial charge is 0.399 e. The highest BCUT2D eigenvalue weighted by atomic mass is 32.2. The molecule has 1 amide bonds. The van der Waals surface area contributed by atoms with Gasteiger partial charge in [0.25, 0.3) is 20.2 Å². The molecule has 30 heavy (non-hydrogen) atoms. The zero-order valence-electron chi connectivity index (χ0n) is 15.7. The Morgan fingerprint density at radius 1 is 1.20 bits per heavy atom. The Hall–Kier alpha value is -2.80. The van der Waals surface area contributed by atoms with E-state index in [-0.39, 0.29) is 11.3 Å². The lowest BCUT2D eigenvalue weighted by molar-refractivity contribution is -0.127. The molecule has 0 saturated carbocycles. The number of Topliss-reactive ketones (excluding diaryl/α,β-unsaturated/α-hetero) is 1. The summed E-state index contributed by atoms with van der Waals surface area (Å²) in [6.45, 7) is 1.17. The summed E-state index contributed by atoms with van der Waals surface area (Å²) in [5.74, 6) is -1.29. The van der Waals surface area contributed by atoms with Gasteiger partial charge >= 0.3 is 0 Å². The molecule has 2 rings (SSSR count). The summed E-state index contributed by atoms with van der Waals surface area (Å²) in [6, 6.07) is 3.63. The Balaban J connectivity index is 2.62. The van der Waals surface area contributed by atoms with E-state index in [9.17, 15) is 35.5 Å². The highest BCUT2D eigenvalue weighted by Crippen LogP contribution is 2.29. The molecule has 162 valence electrons. The van der Waals surface area contributed by atoms with Crippen molar-refractivity contribution in [1.29, 1.82) is 0 Å². The molecule has 2 unspecified atom stereocenters. The Labute approximate surface area is 173 Å². The summed E-state index contributed by atoms with van der Waals surface area (Å²) in [4.78, 5) is 22.9. The number of nitrogens with one attached hydrogen (secondary N) is 1. The van der Waals surface area contributed by atoms with Crippen molar-refractivity contribution in [3.63, 3.8) is 0 Å². The van der Waals surface area contributed by atoms with Gasteiger partial charge in [-0.15, -0.1) is 0 Å². The van der Waals surface area contributed by atoms with Gasteiger partial charge in [-0.3, -0.25) is 18.7 Å². The fourth-order valence-corrected chi connectivity index (χ4v) is 4.65. The number of amides is 1. The summed E-state index contributed by atoms with van der Waals surface area (Å²) in [6.07, 6.45) is 6.90. The van der Waals surface area contributed by atoms with Gasteiger partial charge in [0.05, 0.1) is 12.0 Å². The smallest absolute Gasteiger partial charge is 0.295 e. The Morgan fingerprint density at radius 3 is 2.43 bits per heavy atom. The highest BCUT2D eigenvalue weighted by molar-refractivity contribution is 7.86. The first kappa shape index (κ1) is 23.5. The van der Waals surface area contributed by atoms with Crippen LogP contribution in [0.15, 0.2) is 53.5 Å². The van der Waals surface area contributed by atoms with E-state index in [2.05, 4.69) is 5.32 Å². The molecular weight excluding hydrogens is 436 g/mol. The van der Waals surface area contributed by atoms with Crippen molar-refractivity contribution in [2.24, 2.45) is 0 Å². The first-order chi connectivity index (χ1) is 13.7. The molecular formula is C18H20N2O8S2. The van der Waals surface area contributed by atoms with Crippen molar-refractivity contribution in [3.05, 3.63) is 54.1 Å². The van der Waals surface area contributed by atoms with Crippen LogP contribution in [0.2, 0.25) is 0 Å². The molecule has 0 spiro atoms. The number of benzene rings is 1. The number of allylic oxidation sites excluding steroid dienone is 2. The molecule has 0 heterocycles. The van der Waals surface area contributed by atoms with Crippen molar-refractivity contribution in [1.82, 2.24) is 5.32 Å². The molecule has 0 aliphatic heterocycles. The Morgan fingerprint density at radius 2 is 1.87 bits per heavy atom. The Kier molecular flexibility index (Phi) is 6.67. The van der Waals surface area contributed by atoms with Crippen molar-refractivity contribution < 1.29 is 35.5 Å². The lowest BCUT2D eigenvalue weighted by atomic mass is 9.89. The van der Waals surface area contributed by atoms with Crippen LogP contribution in [0.3, 0.4) is 0 Å². The fraction of sp³-hybridized carbons (Fsp3) is 0.222. The zero-order valence-corrected chi connectivity index (χ0v) is 17.4. The second-order valence-electron chi connectivity index (χ2n) is 6.65. The zero-order chi connectivity index (χ0) is 22.7. The number of hydrogen-bond acceptors (Lipinski definition) is 7. The van der Waals surface area contributed by atoms with Gasteiger partial charge in [-0.25, -0.2) is 0 Å². The minimum absolute atomic E-state index is 0.0519. The van der Waals surface area contributed by atoms with E-state index in [0.717, 1.165) is 24.3 Å². The van der Waals surface area contributed by atoms with Gasteiger partial charge in [-0.1, -0.05) is 42.5 Å². The lowest BCUT2D eigenvalue weighted by Gasteiger charge is -2.35. The highest BCUT2D eigenvalue weighted by Gasteiger charge is 2.43. The normalized spacial score (nSPS) is 21.6. The third-order valence-corrected chi connectivity index (χ3v) is 6.28. The molecule has 1 aliphatic carbocycles. The predicted octanol–water partition coefficient (Wildman–Crippen LogP) is 0.745. The average Bonchev–Trinajstić information content (AvgIpc) is 2.58. The standard InChI is InChI=1S/C18H20N2O8S2/c1-12(21)10-17(22)20-18(8-3-2-4-16(18)30(26,27)28)9-7-13-5-6-14(19)11-15(13)29(23,24)25/h2-9,11,16H,10,19H2,1H3,(H,20,22)(H,23,24,25)(H,26,27,28). The van der Waals surface area contributed by atoms with Crippen LogP contribution in [0.5, 0.6) is 0 Å². The van der Waals surface area contributed by atoms with E-state index < -0.39 is 54.0 Å². The predicted molar refractivity (Wildman–Crippen MR) is 109 cm³/mol. The van der Waals surface area contributed by atoms with Gasteiger partial charge in [0, 0.05) is 5.69 Å². The summed E-state index contributed by atoms with van der Waals surface area (Å²) in [7, 11) is -9.41. The van der Waals surface area contributed by atoms with Crippen LogP contribution in [0, 0.1) is 0 Å². The van der Waals surface area contributed by atoms with E-state index in [1.807, 2.05) is 0 Å². The van der Waals surface area contributed by atoms with Crippen molar-refractivity contribution in [3.8, 4) is 0 Å². The topological polar surface area (TPSA) is 181 Å². The molecule has 12 heteroatoms. The number of rotatable bonds is 7. The van der Waals surface area contributed by atoms with Gasteiger partial charge in [-0.2, -0.15) is 16.8 Å². The van der Waals surface area contributed by atoms with Gasteiger partial charge < -0.3 is 11.1 Å². The number of anilines is 1. The van der Waals surface area contributed by atoms with Crippen molar-refractivity contribution in [2.75, 3.05) is 5.73 Å². The third-order valence-electron chi connectivity index (χ3n) is 4.18. The second kappa shape index (κ2) is 8.52. The van der Waals surface area contributed by atoms with Gasteiger partial charge in [0.1, 0.15) is 15.9 Å². The molecule has 1 aliphatic rings. The molecule has 5 N–H and O–H groups in total. The number of carbonyl (C=O) groups excluding carboxylic acids is 2. The minimum Gasteiger partial charge on any atom is -0.399 e. The maximum Gasteiger partial charge on any atom is 0.295 e. The van der Waals surface area contributed by atoms with Crippen molar-refractivity contribution >= 4 is 43.7 Å². The SMILES string of the molecule is CC(=O)CC(=O)NC1(C=Cc2ccc(N)cc2S(=O)(=O)O)C=CC=CC1S(=O)(=O)O. The fourth-order valence-electron chi connectivity index (χ4n) is 2.94. The monoisotopic (exact) mass is 456 g/mol. The van der Waals surface area contributed by atoms with E-state index in [1.165, 1.54) is 37.3 Å². The van der Waals surface area contributed by atoms with Crippen LogP contribution >= 0.6 is 0 Å². The molecule has 2 atom stereocenters. The molecule has 0 saturated heterocycles. The van der Waals surface area contributed by atoms with Crippen LogP contribution in [-0.4, -0.2) is 48.4 Å². The van der Waals surface area contributed by atoms with Crippen LogP contribution in [0.25, 0.3) is 6.08 Å².